The van der Waals surface area contributed by atoms with Crippen molar-refractivity contribution in [2.75, 3.05) is 9.80 Å². The van der Waals surface area contributed by atoms with E-state index in [1.54, 1.807) is 0 Å². The van der Waals surface area contributed by atoms with Crippen molar-refractivity contribution in [1.29, 1.82) is 0 Å². The molecule has 0 bridgehead atoms. The maximum atomic E-state index is 2.65. The SMILES string of the molecule is Cc1ccccc1-c1ccc(C)c(N(c2cccc(C3CCCCC3)c2)c2cc(N(c3cccc(C4CCCCC4)c3)c3cc(-c4ccccc4C)ccc3C)c3ccc4cc(C(C)(C)C)cc5ccc2c3c54)c1. The van der Waals surface area contributed by atoms with Crippen molar-refractivity contribution in [3.8, 4) is 22.3 Å². The first-order valence-corrected chi connectivity index (χ1v) is 27.9. The number of hydrogen-bond donors (Lipinski definition) is 0. The van der Waals surface area contributed by atoms with Gasteiger partial charge in [-0.1, -0.05) is 193 Å². The molecule has 0 amide bonds. The van der Waals surface area contributed by atoms with Crippen LogP contribution in [0.1, 0.15) is 136 Å². The van der Waals surface area contributed by atoms with Crippen LogP contribution in [0.15, 0.2) is 176 Å². The molecule has 0 aliphatic heterocycles. The van der Waals surface area contributed by atoms with Crippen molar-refractivity contribution in [3.05, 3.63) is 215 Å². The number of hydrogen-bond acceptors (Lipinski definition) is 2. The largest absolute Gasteiger partial charge is 0.309 e. The second kappa shape index (κ2) is 19.6. The second-order valence-electron chi connectivity index (χ2n) is 23.2. The molecule has 2 nitrogen and oxygen atoms in total. The van der Waals surface area contributed by atoms with Gasteiger partial charge in [0.2, 0.25) is 0 Å². The van der Waals surface area contributed by atoms with Crippen molar-refractivity contribution >= 4 is 66.4 Å². The maximum absolute atomic E-state index is 2.65. The molecule has 0 heterocycles. The van der Waals surface area contributed by atoms with Gasteiger partial charge in [-0.25, -0.2) is 0 Å². The number of aryl methyl sites for hydroxylation is 4. The molecule has 2 saturated carbocycles. The summed E-state index contributed by atoms with van der Waals surface area (Å²) >= 11 is 0. The number of rotatable bonds is 10. The van der Waals surface area contributed by atoms with Gasteiger partial charge in [-0.15, -0.1) is 0 Å². The standard InChI is InChI=1S/C72H72N2/c1-47-20-14-16-30-62(47)55-34-32-49(3)66(44-55)73(60-28-18-26-53(42-60)51-22-10-8-11-23-51)68-46-69(65-39-37-58-41-59(72(5,6)7)40-57-36-38-64(68)71(65)70(57)58)74(61-29-19-27-54(43-61)52-24-12-9-13-25-52)67-45-56(35-33-50(67)4)63-31-17-15-21-48(63)2/h14-21,26-46,51-52H,8-13,22-25H2,1-7H3. The summed E-state index contributed by atoms with van der Waals surface area (Å²) < 4.78 is 0. The average Bonchev–Trinajstić information content (AvgIpc) is 3.42. The number of nitrogens with zero attached hydrogens (tertiary/aromatic N) is 2. The third-order valence-electron chi connectivity index (χ3n) is 17.2. The highest BCUT2D eigenvalue weighted by molar-refractivity contribution is 6.29. The lowest BCUT2D eigenvalue weighted by Crippen LogP contribution is -2.17. The van der Waals surface area contributed by atoms with Crippen LogP contribution in [0.5, 0.6) is 0 Å². The summed E-state index contributed by atoms with van der Waals surface area (Å²) in [6, 6.07) is 68.6. The maximum Gasteiger partial charge on any atom is 0.0561 e. The zero-order valence-electron chi connectivity index (χ0n) is 44.9. The van der Waals surface area contributed by atoms with Crippen molar-refractivity contribution in [2.45, 2.75) is 130 Å². The molecule has 74 heavy (non-hydrogen) atoms. The summed E-state index contributed by atoms with van der Waals surface area (Å²) in [6.07, 6.45) is 12.9. The van der Waals surface area contributed by atoms with Crippen LogP contribution in [0, 0.1) is 27.7 Å². The lowest BCUT2D eigenvalue weighted by Gasteiger charge is -2.34. The minimum atomic E-state index is 0.000370. The first-order chi connectivity index (χ1) is 36.0. The van der Waals surface area contributed by atoms with Crippen LogP contribution in [-0.4, -0.2) is 0 Å². The summed E-state index contributed by atoms with van der Waals surface area (Å²) in [4.78, 5) is 5.29. The Labute approximate surface area is 441 Å². The fourth-order valence-corrected chi connectivity index (χ4v) is 13.0. The molecular formula is C72H72N2. The Hall–Kier alpha value is -7.16. The van der Waals surface area contributed by atoms with Gasteiger partial charge in [0.25, 0.3) is 0 Å². The van der Waals surface area contributed by atoms with E-state index in [0.29, 0.717) is 11.8 Å². The summed E-state index contributed by atoms with van der Waals surface area (Å²) in [7, 11) is 0. The van der Waals surface area contributed by atoms with Crippen LogP contribution in [0.3, 0.4) is 0 Å². The van der Waals surface area contributed by atoms with Gasteiger partial charge in [-0.3, -0.25) is 0 Å². The minimum absolute atomic E-state index is 0.000370. The quantitative estimate of drug-likeness (QED) is 0.126. The Balaban J connectivity index is 1.20. The van der Waals surface area contributed by atoms with Gasteiger partial charge < -0.3 is 9.80 Å². The van der Waals surface area contributed by atoms with Crippen LogP contribution >= 0.6 is 0 Å². The molecule has 0 unspecified atom stereocenters. The van der Waals surface area contributed by atoms with E-state index in [2.05, 4.69) is 234 Å². The molecular weight excluding hydrogens is 893 g/mol. The number of anilines is 6. The van der Waals surface area contributed by atoms with E-state index in [1.165, 1.54) is 192 Å². The monoisotopic (exact) mass is 965 g/mol. The summed E-state index contributed by atoms with van der Waals surface area (Å²) in [5, 5.41) is 7.75. The van der Waals surface area contributed by atoms with Gasteiger partial charge in [-0.05, 0) is 190 Å². The molecule has 0 N–H and O–H groups in total. The van der Waals surface area contributed by atoms with E-state index in [9.17, 15) is 0 Å². The topological polar surface area (TPSA) is 6.48 Å². The highest BCUT2D eigenvalue weighted by atomic mass is 15.2. The van der Waals surface area contributed by atoms with Gasteiger partial charge in [0.15, 0.2) is 0 Å². The first kappa shape index (κ1) is 47.8. The van der Waals surface area contributed by atoms with E-state index in [1.807, 2.05) is 0 Å². The zero-order valence-corrected chi connectivity index (χ0v) is 44.9. The smallest absolute Gasteiger partial charge is 0.0561 e. The Bertz CT molecular complexity index is 3460. The second-order valence-corrected chi connectivity index (χ2v) is 23.2. The van der Waals surface area contributed by atoms with E-state index in [0.717, 1.165) is 0 Å². The van der Waals surface area contributed by atoms with Crippen molar-refractivity contribution in [1.82, 2.24) is 0 Å². The molecule has 2 heteroatoms. The van der Waals surface area contributed by atoms with E-state index >= 15 is 0 Å². The molecule has 0 spiro atoms. The molecule has 2 fully saturated rings. The molecule has 2 aliphatic carbocycles. The lowest BCUT2D eigenvalue weighted by atomic mass is 9.82. The van der Waals surface area contributed by atoms with Gasteiger partial charge >= 0.3 is 0 Å². The Morgan fingerprint density at radius 1 is 0.365 bits per heavy atom. The minimum Gasteiger partial charge on any atom is -0.309 e. The van der Waals surface area contributed by atoms with E-state index in [4.69, 9.17) is 0 Å². The fourth-order valence-electron chi connectivity index (χ4n) is 13.0. The molecule has 10 aromatic carbocycles. The third-order valence-corrected chi connectivity index (χ3v) is 17.2. The fraction of sp³-hybridized carbons (Fsp3) is 0.278. The van der Waals surface area contributed by atoms with Crippen LogP contribution in [0.25, 0.3) is 54.6 Å². The third kappa shape index (κ3) is 8.85. The molecule has 0 radical (unpaired) electrons. The van der Waals surface area contributed by atoms with Crippen LogP contribution < -0.4 is 9.80 Å². The zero-order chi connectivity index (χ0) is 50.7. The van der Waals surface area contributed by atoms with Crippen molar-refractivity contribution in [2.24, 2.45) is 0 Å². The molecule has 370 valence electrons. The Morgan fingerprint density at radius 3 is 1.24 bits per heavy atom. The molecule has 0 saturated heterocycles. The van der Waals surface area contributed by atoms with E-state index < -0.39 is 0 Å². The normalized spacial score (nSPS) is 14.9. The molecule has 12 rings (SSSR count). The van der Waals surface area contributed by atoms with Gasteiger partial charge in [0.05, 0.1) is 11.4 Å². The Kier molecular flexibility index (Phi) is 12.7. The van der Waals surface area contributed by atoms with Gasteiger partial charge in [0.1, 0.15) is 0 Å². The Morgan fingerprint density at radius 2 is 0.811 bits per heavy atom. The predicted molar refractivity (Wildman–Crippen MR) is 320 cm³/mol. The predicted octanol–water partition coefficient (Wildman–Crippen LogP) is 21.5. The number of benzene rings is 10. The summed E-state index contributed by atoms with van der Waals surface area (Å²) in [5.74, 6) is 1.13. The van der Waals surface area contributed by atoms with Gasteiger partial charge in [-0.2, -0.15) is 0 Å². The molecule has 0 aromatic heterocycles. The van der Waals surface area contributed by atoms with Crippen molar-refractivity contribution in [3.63, 3.8) is 0 Å². The highest BCUT2D eigenvalue weighted by Gasteiger charge is 2.29. The molecule has 10 aromatic rings. The highest BCUT2D eigenvalue weighted by Crippen LogP contribution is 2.53. The van der Waals surface area contributed by atoms with Crippen LogP contribution in [0.2, 0.25) is 0 Å². The van der Waals surface area contributed by atoms with E-state index in [-0.39, 0.29) is 5.41 Å². The average molecular weight is 965 g/mol. The van der Waals surface area contributed by atoms with Gasteiger partial charge in [0, 0.05) is 38.9 Å². The van der Waals surface area contributed by atoms with Crippen molar-refractivity contribution < 1.29 is 0 Å². The van der Waals surface area contributed by atoms with Crippen LogP contribution in [-0.2, 0) is 5.41 Å². The summed E-state index contributed by atoms with van der Waals surface area (Å²) in [6.45, 7) is 16.1. The lowest BCUT2D eigenvalue weighted by molar-refractivity contribution is 0.443. The summed E-state index contributed by atoms with van der Waals surface area (Å²) in [5.41, 5.74) is 21.5. The molecule has 0 atom stereocenters. The first-order valence-electron chi connectivity index (χ1n) is 27.9. The molecule has 2 aliphatic rings. The van der Waals surface area contributed by atoms with Crippen LogP contribution in [0.4, 0.5) is 34.1 Å².